The molecule has 0 radical (unpaired) electrons. The fourth-order valence-corrected chi connectivity index (χ4v) is 3.06. The average molecular weight is 284 g/mol. The van der Waals surface area contributed by atoms with Gasteiger partial charge in [-0.05, 0) is 60.1 Å². The minimum Gasteiger partial charge on any atom is -0.481 e. The molecule has 108 valence electrons. The number of benzene rings is 2. The minimum absolute atomic E-state index is 0.395. The van der Waals surface area contributed by atoms with Crippen LogP contribution in [0.3, 0.4) is 0 Å². The number of halogens is 1. The summed E-state index contributed by atoms with van der Waals surface area (Å²) in [5.74, 6) is -2.02. The third kappa shape index (κ3) is 2.97. The number of carbonyl (C=O) groups is 1. The summed E-state index contributed by atoms with van der Waals surface area (Å²) in [4.78, 5) is 11.5. The molecule has 2 aromatic carbocycles. The molecule has 0 spiro atoms. The third-order valence-electron chi connectivity index (χ3n) is 4.15. The van der Waals surface area contributed by atoms with Crippen molar-refractivity contribution in [2.75, 3.05) is 0 Å². The summed E-state index contributed by atoms with van der Waals surface area (Å²) in [5, 5.41) is 9.45. The molecule has 0 amide bonds. The highest BCUT2D eigenvalue weighted by Crippen LogP contribution is 2.27. The van der Waals surface area contributed by atoms with Crippen LogP contribution in [0.15, 0.2) is 42.5 Å². The van der Waals surface area contributed by atoms with E-state index in [1.807, 2.05) is 6.07 Å². The smallest absolute Gasteiger partial charge is 0.311 e. The Labute approximate surface area is 123 Å². The van der Waals surface area contributed by atoms with Crippen LogP contribution < -0.4 is 0 Å². The van der Waals surface area contributed by atoms with Gasteiger partial charge in [-0.3, -0.25) is 4.79 Å². The van der Waals surface area contributed by atoms with Gasteiger partial charge in [0.1, 0.15) is 5.82 Å². The first-order valence-electron chi connectivity index (χ1n) is 7.22. The highest BCUT2D eigenvalue weighted by Gasteiger charge is 2.21. The van der Waals surface area contributed by atoms with E-state index < -0.39 is 17.7 Å². The first-order valence-corrected chi connectivity index (χ1v) is 7.22. The zero-order chi connectivity index (χ0) is 14.8. The topological polar surface area (TPSA) is 37.3 Å². The van der Waals surface area contributed by atoms with E-state index in [-0.39, 0.29) is 0 Å². The number of carboxylic acids is 1. The SMILES string of the molecule is O=C(O)C(Cc1ccc2c(c1)CCC2)c1cccc(F)c1. The number of aryl methyl sites for hydroxylation is 2. The van der Waals surface area contributed by atoms with Crippen molar-refractivity contribution in [3.05, 3.63) is 70.5 Å². The molecule has 0 bridgehead atoms. The lowest BCUT2D eigenvalue weighted by molar-refractivity contribution is -0.138. The average Bonchev–Trinajstić information content (AvgIpc) is 2.92. The standard InChI is InChI=1S/C18H17FO2/c19-16-6-2-5-15(11-16)17(18(20)21)10-12-7-8-13-3-1-4-14(13)9-12/h2,5-9,11,17H,1,3-4,10H2,(H,20,21). The molecule has 1 aliphatic carbocycles. The molecular formula is C18H17FO2. The molecule has 2 aromatic rings. The predicted molar refractivity (Wildman–Crippen MR) is 78.9 cm³/mol. The van der Waals surface area contributed by atoms with Gasteiger partial charge >= 0.3 is 5.97 Å². The van der Waals surface area contributed by atoms with Crippen LogP contribution in [0, 0.1) is 5.82 Å². The summed E-state index contributed by atoms with van der Waals surface area (Å²) in [6, 6.07) is 12.1. The van der Waals surface area contributed by atoms with Crippen molar-refractivity contribution < 1.29 is 14.3 Å². The first kappa shape index (κ1) is 13.8. The molecule has 0 fully saturated rings. The van der Waals surface area contributed by atoms with Crippen LogP contribution >= 0.6 is 0 Å². The highest BCUT2D eigenvalue weighted by atomic mass is 19.1. The van der Waals surface area contributed by atoms with Crippen molar-refractivity contribution in [1.29, 1.82) is 0 Å². The number of carboxylic acid groups (broad SMARTS) is 1. The van der Waals surface area contributed by atoms with Gasteiger partial charge < -0.3 is 5.11 Å². The van der Waals surface area contributed by atoms with E-state index in [1.165, 1.54) is 29.7 Å². The Morgan fingerprint density at radius 2 is 1.95 bits per heavy atom. The number of rotatable bonds is 4. The molecule has 0 saturated carbocycles. The van der Waals surface area contributed by atoms with Crippen molar-refractivity contribution in [2.45, 2.75) is 31.6 Å². The van der Waals surface area contributed by atoms with Gasteiger partial charge in [0.25, 0.3) is 0 Å². The second-order valence-corrected chi connectivity index (χ2v) is 5.61. The summed E-state index contributed by atoms with van der Waals surface area (Å²) < 4.78 is 13.3. The number of hydrogen-bond acceptors (Lipinski definition) is 1. The Hall–Kier alpha value is -2.16. The molecule has 1 unspecified atom stereocenters. The van der Waals surface area contributed by atoms with Gasteiger partial charge in [-0.25, -0.2) is 4.39 Å². The fourth-order valence-electron chi connectivity index (χ4n) is 3.06. The predicted octanol–water partition coefficient (Wildman–Crippen LogP) is 3.73. The van der Waals surface area contributed by atoms with Crippen molar-refractivity contribution in [3.63, 3.8) is 0 Å². The molecule has 3 rings (SSSR count). The summed E-state index contributed by atoms with van der Waals surface area (Å²) >= 11 is 0. The van der Waals surface area contributed by atoms with Crippen molar-refractivity contribution in [1.82, 2.24) is 0 Å². The Kier molecular flexibility index (Phi) is 3.74. The van der Waals surface area contributed by atoms with E-state index in [2.05, 4.69) is 12.1 Å². The van der Waals surface area contributed by atoms with E-state index in [1.54, 1.807) is 12.1 Å². The van der Waals surface area contributed by atoms with Gasteiger partial charge in [0.2, 0.25) is 0 Å². The molecule has 1 atom stereocenters. The molecule has 0 aliphatic heterocycles. The van der Waals surface area contributed by atoms with Gasteiger partial charge in [-0.1, -0.05) is 30.3 Å². The van der Waals surface area contributed by atoms with Crippen molar-refractivity contribution in [2.24, 2.45) is 0 Å². The normalized spacial score (nSPS) is 14.7. The van der Waals surface area contributed by atoms with Gasteiger partial charge in [-0.2, -0.15) is 0 Å². The van der Waals surface area contributed by atoms with Gasteiger partial charge in [-0.15, -0.1) is 0 Å². The van der Waals surface area contributed by atoms with Gasteiger partial charge in [0.15, 0.2) is 0 Å². The van der Waals surface area contributed by atoms with Crippen LogP contribution in [-0.4, -0.2) is 11.1 Å². The fraction of sp³-hybridized carbons (Fsp3) is 0.278. The van der Waals surface area contributed by atoms with Crippen LogP contribution in [0.2, 0.25) is 0 Å². The maximum absolute atomic E-state index is 13.3. The van der Waals surface area contributed by atoms with E-state index in [4.69, 9.17) is 0 Å². The van der Waals surface area contributed by atoms with E-state index in [9.17, 15) is 14.3 Å². The Balaban J connectivity index is 1.87. The molecular weight excluding hydrogens is 267 g/mol. The molecule has 2 nitrogen and oxygen atoms in total. The van der Waals surface area contributed by atoms with Gasteiger partial charge in [0.05, 0.1) is 5.92 Å². The highest BCUT2D eigenvalue weighted by molar-refractivity contribution is 5.76. The van der Waals surface area contributed by atoms with Crippen LogP contribution in [0.25, 0.3) is 0 Å². The largest absolute Gasteiger partial charge is 0.481 e. The number of aliphatic carboxylic acids is 1. The quantitative estimate of drug-likeness (QED) is 0.929. The molecule has 0 heterocycles. The summed E-state index contributed by atoms with van der Waals surface area (Å²) in [5.41, 5.74) is 4.22. The molecule has 1 N–H and O–H groups in total. The lowest BCUT2D eigenvalue weighted by Gasteiger charge is -2.14. The van der Waals surface area contributed by atoms with Crippen molar-refractivity contribution in [3.8, 4) is 0 Å². The van der Waals surface area contributed by atoms with Gasteiger partial charge in [0, 0.05) is 0 Å². The van der Waals surface area contributed by atoms with Crippen LogP contribution in [-0.2, 0) is 24.1 Å². The zero-order valence-electron chi connectivity index (χ0n) is 11.7. The molecule has 1 aliphatic rings. The van der Waals surface area contributed by atoms with E-state index >= 15 is 0 Å². The maximum atomic E-state index is 13.3. The summed E-state index contributed by atoms with van der Waals surface area (Å²) in [6.45, 7) is 0. The Morgan fingerprint density at radius 1 is 1.14 bits per heavy atom. The Morgan fingerprint density at radius 3 is 2.71 bits per heavy atom. The summed E-state index contributed by atoms with van der Waals surface area (Å²) in [7, 11) is 0. The number of fused-ring (bicyclic) bond motifs is 1. The van der Waals surface area contributed by atoms with Crippen LogP contribution in [0.1, 0.15) is 34.6 Å². The molecule has 21 heavy (non-hydrogen) atoms. The molecule has 0 aromatic heterocycles. The lowest BCUT2D eigenvalue weighted by Crippen LogP contribution is -2.14. The van der Waals surface area contributed by atoms with E-state index in [0.717, 1.165) is 18.4 Å². The summed E-state index contributed by atoms with van der Waals surface area (Å²) in [6.07, 6.45) is 3.75. The Bertz CT molecular complexity index is 679. The third-order valence-corrected chi connectivity index (χ3v) is 4.15. The monoisotopic (exact) mass is 284 g/mol. The second-order valence-electron chi connectivity index (χ2n) is 5.61. The van der Waals surface area contributed by atoms with E-state index in [0.29, 0.717) is 12.0 Å². The molecule has 0 saturated heterocycles. The lowest BCUT2D eigenvalue weighted by atomic mass is 9.91. The first-order chi connectivity index (χ1) is 10.1. The van der Waals surface area contributed by atoms with Crippen LogP contribution in [0.5, 0.6) is 0 Å². The maximum Gasteiger partial charge on any atom is 0.311 e. The zero-order valence-corrected chi connectivity index (χ0v) is 11.7. The van der Waals surface area contributed by atoms with Crippen LogP contribution in [0.4, 0.5) is 4.39 Å². The van der Waals surface area contributed by atoms with Crippen molar-refractivity contribution >= 4 is 5.97 Å². The number of hydrogen-bond donors (Lipinski definition) is 1. The second kappa shape index (κ2) is 5.68. The minimum atomic E-state index is -0.916. The molecule has 3 heteroatoms.